The average Bonchev–Trinajstić information content (AvgIpc) is 2.84. The smallest absolute Gasteiger partial charge is 0.325 e. The third kappa shape index (κ3) is 4.76. The predicted molar refractivity (Wildman–Crippen MR) is 78.0 cm³/mol. The first-order valence-electron chi connectivity index (χ1n) is 6.63. The van der Waals surface area contributed by atoms with Crippen LogP contribution in [0.5, 0.6) is 0 Å². The topological polar surface area (TPSA) is 84.2 Å². The Kier molecular flexibility index (Phi) is 4.71. The van der Waals surface area contributed by atoms with Crippen molar-refractivity contribution in [1.29, 1.82) is 0 Å². The molecule has 0 saturated carbocycles. The van der Waals surface area contributed by atoms with Crippen molar-refractivity contribution in [1.82, 2.24) is 9.78 Å². The van der Waals surface area contributed by atoms with Crippen LogP contribution in [0.15, 0.2) is 36.5 Å². The van der Waals surface area contributed by atoms with E-state index in [9.17, 15) is 9.59 Å². The monoisotopic (exact) mass is 287 g/mol. The largest absolute Gasteiger partial charge is 0.480 e. The van der Waals surface area contributed by atoms with Crippen molar-refractivity contribution in [3.63, 3.8) is 0 Å². The summed E-state index contributed by atoms with van der Waals surface area (Å²) >= 11 is 0. The van der Waals surface area contributed by atoms with E-state index in [4.69, 9.17) is 5.11 Å². The number of benzene rings is 1. The van der Waals surface area contributed by atoms with Crippen molar-refractivity contribution >= 4 is 17.7 Å². The molecule has 2 rings (SSSR count). The quantitative estimate of drug-likeness (QED) is 0.849. The van der Waals surface area contributed by atoms with Gasteiger partial charge in [0.05, 0.1) is 0 Å². The summed E-state index contributed by atoms with van der Waals surface area (Å²) in [7, 11) is 0. The first kappa shape index (κ1) is 14.8. The van der Waals surface area contributed by atoms with Crippen molar-refractivity contribution < 1.29 is 14.7 Å². The summed E-state index contributed by atoms with van der Waals surface area (Å²) in [6.45, 7) is 1.79. The van der Waals surface area contributed by atoms with Crippen LogP contribution in [0.2, 0.25) is 0 Å². The molecule has 0 aliphatic rings. The van der Waals surface area contributed by atoms with E-state index in [2.05, 4.69) is 10.4 Å². The number of hydrogen-bond donors (Lipinski definition) is 2. The number of nitrogens with zero attached hydrogens (tertiary/aromatic N) is 2. The first-order valence-corrected chi connectivity index (χ1v) is 6.63. The molecule has 1 amide bonds. The third-order valence-corrected chi connectivity index (χ3v) is 2.97. The average molecular weight is 287 g/mol. The second kappa shape index (κ2) is 6.69. The molecule has 2 aromatic rings. The minimum Gasteiger partial charge on any atom is -0.480 e. The zero-order valence-electron chi connectivity index (χ0n) is 11.7. The number of anilines is 1. The number of rotatable bonds is 6. The Hall–Kier alpha value is -2.63. The number of aromatic nitrogens is 2. The fourth-order valence-corrected chi connectivity index (χ4v) is 1.87. The van der Waals surface area contributed by atoms with Gasteiger partial charge in [0.25, 0.3) is 0 Å². The first-order chi connectivity index (χ1) is 10.0. The lowest BCUT2D eigenvalue weighted by molar-refractivity contribution is -0.137. The second-order valence-corrected chi connectivity index (χ2v) is 4.83. The number of aryl methyl sites for hydroxylation is 2. The summed E-state index contributed by atoms with van der Waals surface area (Å²) in [6, 6.07) is 9.61. The minimum absolute atomic E-state index is 0.142. The number of carboxylic acid groups (broad SMARTS) is 1. The highest BCUT2D eigenvalue weighted by Crippen LogP contribution is 2.08. The third-order valence-electron chi connectivity index (χ3n) is 2.97. The van der Waals surface area contributed by atoms with Crippen LogP contribution in [0.25, 0.3) is 0 Å². The van der Waals surface area contributed by atoms with Crippen molar-refractivity contribution in [3.8, 4) is 0 Å². The van der Waals surface area contributed by atoms with E-state index >= 15 is 0 Å². The number of amides is 1. The van der Waals surface area contributed by atoms with Crippen LogP contribution in [0.1, 0.15) is 17.5 Å². The Labute approximate surface area is 122 Å². The predicted octanol–water partition coefficient (Wildman–Crippen LogP) is 1.85. The standard InChI is InChI=1S/C15H17N3O3/c1-11-2-4-12(5-3-11)6-7-14(19)16-13-8-9-18(17-13)10-15(20)21/h2-5,8-9H,6-7,10H2,1H3,(H,20,21)(H,16,17,19). The number of nitrogens with one attached hydrogen (secondary N) is 1. The van der Waals surface area contributed by atoms with E-state index in [0.29, 0.717) is 18.7 Å². The summed E-state index contributed by atoms with van der Waals surface area (Å²) in [4.78, 5) is 22.3. The zero-order valence-corrected chi connectivity index (χ0v) is 11.7. The van der Waals surface area contributed by atoms with Crippen LogP contribution in [-0.4, -0.2) is 26.8 Å². The summed E-state index contributed by atoms with van der Waals surface area (Å²) in [6.07, 6.45) is 2.53. The maximum absolute atomic E-state index is 11.8. The van der Waals surface area contributed by atoms with E-state index in [-0.39, 0.29) is 12.5 Å². The molecule has 1 aromatic carbocycles. The van der Waals surface area contributed by atoms with E-state index in [1.54, 1.807) is 6.07 Å². The number of hydrogen-bond acceptors (Lipinski definition) is 3. The molecule has 0 radical (unpaired) electrons. The van der Waals surface area contributed by atoms with Gasteiger partial charge in [-0.05, 0) is 18.9 Å². The van der Waals surface area contributed by atoms with Crippen LogP contribution in [0.3, 0.4) is 0 Å². The van der Waals surface area contributed by atoms with Gasteiger partial charge in [0.15, 0.2) is 5.82 Å². The van der Waals surface area contributed by atoms with Gasteiger partial charge in [-0.15, -0.1) is 0 Å². The summed E-state index contributed by atoms with van der Waals surface area (Å²) < 4.78 is 1.26. The van der Waals surface area contributed by atoms with E-state index < -0.39 is 5.97 Å². The van der Waals surface area contributed by atoms with Gasteiger partial charge >= 0.3 is 5.97 Å². The highest BCUT2D eigenvalue weighted by Gasteiger charge is 2.07. The fourth-order valence-electron chi connectivity index (χ4n) is 1.87. The maximum Gasteiger partial charge on any atom is 0.325 e. The van der Waals surface area contributed by atoms with E-state index in [1.165, 1.54) is 16.4 Å². The molecule has 0 unspecified atom stereocenters. The van der Waals surface area contributed by atoms with Gasteiger partial charge in [-0.1, -0.05) is 29.8 Å². The molecule has 6 nitrogen and oxygen atoms in total. The zero-order chi connectivity index (χ0) is 15.2. The van der Waals surface area contributed by atoms with Crippen molar-refractivity contribution in [3.05, 3.63) is 47.7 Å². The Bertz CT molecular complexity index is 632. The van der Waals surface area contributed by atoms with Crippen LogP contribution in [0, 0.1) is 6.92 Å². The van der Waals surface area contributed by atoms with Crippen LogP contribution >= 0.6 is 0 Å². The number of carbonyl (C=O) groups excluding carboxylic acids is 1. The van der Waals surface area contributed by atoms with E-state index in [1.807, 2.05) is 31.2 Å². The van der Waals surface area contributed by atoms with Crippen molar-refractivity contribution in [2.75, 3.05) is 5.32 Å². The molecule has 0 aliphatic heterocycles. The highest BCUT2D eigenvalue weighted by atomic mass is 16.4. The maximum atomic E-state index is 11.8. The lowest BCUT2D eigenvalue weighted by Gasteiger charge is -2.03. The van der Waals surface area contributed by atoms with Gasteiger partial charge in [-0.3, -0.25) is 14.3 Å². The molecule has 6 heteroatoms. The van der Waals surface area contributed by atoms with Gasteiger partial charge in [0.2, 0.25) is 5.91 Å². The molecule has 110 valence electrons. The lowest BCUT2D eigenvalue weighted by atomic mass is 10.1. The molecule has 0 bridgehead atoms. The minimum atomic E-state index is -0.977. The molecule has 2 N–H and O–H groups in total. The number of carboxylic acids is 1. The molecule has 21 heavy (non-hydrogen) atoms. The molecule has 0 fully saturated rings. The van der Waals surface area contributed by atoms with Crippen molar-refractivity contribution in [2.24, 2.45) is 0 Å². The van der Waals surface area contributed by atoms with Gasteiger partial charge in [-0.2, -0.15) is 5.10 Å². The molecule has 1 heterocycles. The molecule has 1 aromatic heterocycles. The van der Waals surface area contributed by atoms with Gasteiger partial charge < -0.3 is 10.4 Å². The summed E-state index contributed by atoms with van der Waals surface area (Å²) in [5, 5.41) is 15.3. The van der Waals surface area contributed by atoms with Crippen LogP contribution in [0.4, 0.5) is 5.82 Å². The molecular formula is C15H17N3O3. The molecule has 0 spiro atoms. The molecule has 0 aliphatic carbocycles. The lowest BCUT2D eigenvalue weighted by Crippen LogP contribution is -2.14. The SMILES string of the molecule is Cc1ccc(CCC(=O)Nc2ccn(CC(=O)O)n2)cc1. The Morgan fingerprint density at radius 1 is 1.24 bits per heavy atom. The number of aliphatic carboxylic acids is 1. The van der Waals surface area contributed by atoms with E-state index in [0.717, 1.165) is 5.56 Å². The van der Waals surface area contributed by atoms with Gasteiger partial charge in [0.1, 0.15) is 6.54 Å². The fraction of sp³-hybridized carbons (Fsp3) is 0.267. The van der Waals surface area contributed by atoms with Crippen molar-refractivity contribution in [2.45, 2.75) is 26.3 Å². The molecule has 0 atom stereocenters. The van der Waals surface area contributed by atoms with Crippen LogP contribution in [-0.2, 0) is 22.6 Å². The van der Waals surface area contributed by atoms with Gasteiger partial charge in [0, 0.05) is 18.7 Å². The summed E-state index contributed by atoms with van der Waals surface area (Å²) in [5.74, 6) is -0.753. The Balaban J connectivity index is 1.82. The Morgan fingerprint density at radius 3 is 2.62 bits per heavy atom. The Morgan fingerprint density at radius 2 is 1.95 bits per heavy atom. The highest BCUT2D eigenvalue weighted by molar-refractivity contribution is 5.89. The normalized spacial score (nSPS) is 10.3. The molecule has 0 saturated heterocycles. The van der Waals surface area contributed by atoms with Gasteiger partial charge in [-0.25, -0.2) is 0 Å². The van der Waals surface area contributed by atoms with Crippen LogP contribution < -0.4 is 5.32 Å². The number of carbonyl (C=O) groups is 2. The molecular weight excluding hydrogens is 270 g/mol. The summed E-state index contributed by atoms with van der Waals surface area (Å²) in [5.41, 5.74) is 2.29. The second-order valence-electron chi connectivity index (χ2n) is 4.83.